The second-order valence-electron chi connectivity index (χ2n) is 7.25. The molecule has 6 nitrogen and oxygen atoms in total. The van der Waals surface area contributed by atoms with Gasteiger partial charge in [-0.25, -0.2) is 0 Å². The third kappa shape index (κ3) is 6.64. The van der Waals surface area contributed by atoms with Crippen molar-refractivity contribution in [1.82, 2.24) is 0 Å². The summed E-state index contributed by atoms with van der Waals surface area (Å²) in [5.74, 6) is 2.63. The number of para-hydroxylation sites is 4. The molecule has 0 saturated heterocycles. The van der Waals surface area contributed by atoms with Crippen LogP contribution in [-0.2, 0) is 16.1 Å². The lowest BCUT2D eigenvalue weighted by Crippen LogP contribution is -2.30. The van der Waals surface area contributed by atoms with Crippen molar-refractivity contribution in [3.05, 3.63) is 84.4 Å². The standard InChI is InChI=1S/C26H28O6/c1-2-8-21(9-3-1)18-28-19-22-20-31-24-11-5-4-10-23(24)29-16-14-27-15-17-30-25-12-6-7-13-26(25)32-22/h1-13,22H,14-20H2. The van der Waals surface area contributed by atoms with Crippen molar-refractivity contribution >= 4 is 0 Å². The highest BCUT2D eigenvalue weighted by atomic mass is 16.6. The molecule has 0 N–H and O–H groups in total. The van der Waals surface area contributed by atoms with Crippen LogP contribution in [0, 0.1) is 0 Å². The van der Waals surface area contributed by atoms with E-state index >= 15 is 0 Å². The summed E-state index contributed by atoms with van der Waals surface area (Å²) in [6, 6.07) is 25.2. The van der Waals surface area contributed by atoms with Crippen molar-refractivity contribution in [3.63, 3.8) is 0 Å². The lowest BCUT2D eigenvalue weighted by Gasteiger charge is -2.22. The number of hydrogen-bond acceptors (Lipinski definition) is 6. The Balaban J connectivity index is 1.49. The number of ether oxygens (including phenoxy) is 6. The first kappa shape index (κ1) is 22.0. The van der Waals surface area contributed by atoms with Gasteiger partial charge in [-0.15, -0.1) is 0 Å². The van der Waals surface area contributed by atoms with Gasteiger partial charge in [-0.05, 0) is 29.8 Å². The van der Waals surface area contributed by atoms with E-state index in [1.165, 1.54) is 0 Å². The first-order valence-corrected chi connectivity index (χ1v) is 10.8. The summed E-state index contributed by atoms with van der Waals surface area (Å²) in [6.45, 7) is 2.91. The predicted molar refractivity (Wildman–Crippen MR) is 121 cm³/mol. The van der Waals surface area contributed by atoms with Crippen molar-refractivity contribution in [2.45, 2.75) is 12.7 Å². The van der Waals surface area contributed by atoms with Gasteiger partial charge in [0.15, 0.2) is 29.1 Å². The lowest BCUT2D eigenvalue weighted by atomic mass is 10.2. The van der Waals surface area contributed by atoms with E-state index in [1.807, 2.05) is 78.9 Å². The summed E-state index contributed by atoms with van der Waals surface area (Å²) in [4.78, 5) is 0. The Kier molecular flexibility index (Phi) is 8.23. The molecule has 168 valence electrons. The summed E-state index contributed by atoms with van der Waals surface area (Å²) in [6.07, 6.45) is -0.349. The van der Waals surface area contributed by atoms with Gasteiger partial charge in [-0.1, -0.05) is 54.6 Å². The van der Waals surface area contributed by atoms with Crippen molar-refractivity contribution in [2.24, 2.45) is 0 Å². The van der Waals surface area contributed by atoms with Crippen LogP contribution in [-0.4, -0.2) is 45.7 Å². The molecule has 3 aromatic rings. The van der Waals surface area contributed by atoms with Gasteiger partial charge in [0.1, 0.15) is 19.8 Å². The fourth-order valence-corrected chi connectivity index (χ4v) is 3.24. The van der Waals surface area contributed by atoms with Crippen LogP contribution in [0.3, 0.4) is 0 Å². The van der Waals surface area contributed by atoms with E-state index in [-0.39, 0.29) is 6.10 Å². The second-order valence-corrected chi connectivity index (χ2v) is 7.25. The zero-order valence-corrected chi connectivity index (χ0v) is 18.0. The molecule has 1 aliphatic rings. The Morgan fingerprint density at radius 1 is 0.625 bits per heavy atom. The van der Waals surface area contributed by atoms with E-state index in [9.17, 15) is 0 Å². The van der Waals surface area contributed by atoms with Gasteiger partial charge >= 0.3 is 0 Å². The number of benzene rings is 3. The molecule has 1 aliphatic heterocycles. The monoisotopic (exact) mass is 436 g/mol. The molecule has 0 amide bonds. The second kappa shape index (κ2) is 12.0. The molecule has 0 saturated carbocycles. The van der Waals surface area contributed by atoms with Crippen LogP contribution < -0.4 is 18.9 Å². The average Bonchev–Trinajstić information content (AvgIpc) is 2.84. The van der Waals surface area contributed by atoms with Gasteiger partial charge in [0.25, 0.3) is 0 Å². The molecular formula is C26H28O6. The summed E-state index contributed by atoms with van der Waals surface area (Å²) in [5.41, 5.74) is 1.10. The molecule has 6 heteroatoms. The fourth-order valence-electron chi connectivity index (χ4n) is 3.24. The normalized spacial score (nSPS) is 17.1. The third-order valence-corrected chi connectivity index (χ3v) is 4.80. The molecular weight excluding hydrogens is 408 g/mol. The van der Waals surface area contributed by atoms with Crippen LogP contribution in [0.1, 0.15) is 5.56 Å². The predicted octanol–water partition coefficient (Wildman–Crippen LogP) is 4.52. The minimum Gasteiger partial charge on any atom is -0.487 e. The summed E-state index contributed by atoms with van der Waals surface area (Å²) in [7, 11) is 0. The number of rotatable bonds is 4. The van der Waals surface area contributed by atoms with E-state index in [0.717, 1.165) is 5.56 Å². The number of hydrogen-bond donors (Lipinski definition) is 0. The Morgan fingerprint density at radius 3 is 1.88 bits per heavy atom. The fraction of sp³-hybridized carbons (Fsp3) is 0.308. The topological polar surface area (TPSA) is 55.4 Å². The van der Waals surface area contributed by atoms with Crippen LogP contribution in [0.5, 0.6) is 23.0 Å². The highest BCUT2D eigenvalue weighted by Crippen LogP contribution is 2.29. The van der Waals surface area contributed by atoms with Crippen LogP contribution in [0.4, 0.5) is 0 Å². The van der Waals surface area contributed by atoms with E-state index in [2.05, 4.69) is 0 Å². The Labute approximate surface area is 188 Å². The van der Waals surface area contributed by atoms with E-state index in [0.29, 0.717) is 69.2 Å². The van der Waals surface area contributed by atoms with Crippen molar-refractivity contribution in [3.8, 4) is 23.0 Å². The maximum absolute atomic E-state index is 6.27. The van der Waals surface area contributed by atoms with Gasteiger partial charge in [0.2, 0.25) is 0 Å². The summed E-state index contributed by atoms with van der Waals surface area (Å²) >= 11 is 0. The SMILES string of the molecule is c1ccc(COCC2COc3ccccc3OCCOCCOc3ccccc3O2)cc1. The van der Waals surface area contributed by atoms with E-state index < -0.39 is 0 Å². The van der Waals surface area contributed by atoms with Crippen molar-refractivity contribution < 1.29 is 28.4 Å². The van der Waals surface area contributed by atoms with Crippen LogP contribution >= 0.6 is 0 Å². The molecule has 0 bridgehead atoms. The minimum atomic E-state index is -0.349. The summed E-state index contributed by atoms with van der Waals surface area (Å²) < 4.78 is 35.6. The first-order valence-electron chi connectivity index (χ1n) is 10.8. The van der Waals surface area contributed by atoms with Crippen molar-refractivity contribution in [1.29, 1.82) is 0 Å². The zero-order chi connectivity index (χ0) is 21.8. The highest BCUT2D eigenvalue weighted by Gasteiger charge is 2.17. The van der Waals surface area contributed by atoms with E-state index in [4.69, 9.17) is 28.4 Å². The Hall–Kier alpha value is -3.22. The molecule has 0 spiro atoms. The maximum atomic E-state index is 6.27. The molecule has 32 heavy (non-hydrogen) atoms. The Bertz CT molecular complexity index is 946. The summed E-state index contributed by atoms with van der Waals surface area (Å²) in [5, 5.41) is 0. The molecule has 1 atom stereocenters. The molecule has 0 aliphatic carbocycles. The number of fused-ring (bicyclic) bond motifs is 2. The van der Waals surface area contributed by atoms with Gasteiger partial charge in [-0.2, -0.15) is 0 Å². The zero-order valence-electron chi connectivity index (χ0n) is 18.0. The Morgan fingerprint density at radius 2 is 1.19 bits per heavy atom. The minimum absolute atomic E-state index is 0.292. The largest absolute Gasteiger partial charge is 0.487 e. The molecule has 1 unspecified atom stereocenters. The van der Waals surface area contributed by atoms with Crippen molar-refractivity contribution in [2.75, 3.05) is 39.6 Å². The van der Waals surface area contributed by atoms with Crippen LogP contribution in [0.25, 0.3) is 0 Å². The molecule has 1 heterocycles. The molecule has 0 radical (unpaired) electrons. The lowest BCUT2D eigenvalue weighted by molar-refractivity contribution is 0.0167. The van der Waals surface area contributed by atoms with Crippen LogP contribution in [0.15, 0.2) is 78.9 Å². The van der Waals surface area contributed by atoms with E-state index in [1.54, 1.807) is 0 Å². The quantitative estimate of drug-likeness (QED) is 0.600. The van der Waals surface area contributed by atoms with Crippen LogP contribution in [0.2, 0.25) is 0 Å². The molecule has 0 aromatic heterocycles. The third-order valence-electron chi connectivity index (χ3n) is 4.80. The van der Waals surface area contributed by atoms with Gasteiger partial charge in [0.05, 0.1) is 26.4 Å². The maximum Gasteiger partial charge on any atom is 0.161 e. The highest BCUT2D eigenvalue weighted by molar-refractivity contribution is 5.40. The molecule has 4 rings (SSSR count). The smallest absolute Gasteiger partial charge is 0.161 e. The molecule has 0 fully saturated rings. The van der Waals surface area contributed by atoms with Gasteiger partial charge in [-0.3, -0.25) is 0 Å². The van der Waals surface area contributed by atoms with Gasteiger partial charge in [0, 0.05) is 0 Å². The molecule has 3 aromatic carbocycles. The first-order chi connectivity index (χ1) is 15.9. The average molecular weight is 437 g/mol. The van der Waals surface area contributed by atoms with Gasteiger partial charge < -0.3 is 28.4 Å².